The van der Waals surface area contributed by atoms with Crippen molar-refractivity contribution in [1.29, 1.82) is 0 Å². The van der Waals surface area contributed by atoms with E-state index in [1.165, 1.54) is 18.2 Å². The number of nitrogens with one attached hydrogen (secondary N) is 2. The molecule has 9 heteroatoms. The molecule has 0 radical (unpaired) electrons. The maximum Gasteiger partial charge on any atom is 0.256 e. The number of amides is 1. The fourth-order valence-corrected chi connectivity index (χ4v) is 3.73. The SMILES string of the molecule is O=C(c1ccc(F)c(F)c1Nc1ccc(I)cc1F)N1CC(CNCCCCO)C1. The Morgan fingerprint density at radius 2 is 1.90 bits per heavy atom. The Morgan fingerprint density at radius 1 is 1.13 bits per heavy atom. The van der Waals surface area contributed by atoms with Crippen LogP contribution in [0.5, 0.6) is 0 Å². The Balaban J connectivity index is 1.67. The van der Waals surface area contributed by atoms with Crippen LogP contribution in [0.25, 0.3) is 0 Å². The fraction of sp³-hybridized carbons (Fsp3) is 0.381. The van der Waals surface area contributed by atoms with E-state index in [9.17, 15) is 18.0 Å². The molecular weight excluding hydrogens is 510 g/mol. The zero-order valence-corrected chi connectivity index (χ0v) is 18.4. The molecule has 3 N–H and O–H groups in total. The molecule has 30 heavy (non-hydrogen) atoms. The molecule has 0 bridgehead atoms. The number of likely N-dealkylation sites (tertiary alicyclic amines) is 1. The summed E-state index contributed by atoms with van der Waals surface area (Å²) in [5.41, 5.74) is -0.450. The maximum absolute atomic E-state index is 14.5. The van der Waals surface area contributed by atoms with E-state index in [0.29, 0.717) is 16.7 Å². The van der Waals surface area contributed by atoms with Crippen LogP contribution in [0.15, 0.2) is 30.3 Å². The van der Waals surface area contributed by atoms with Crippen molar-refractivity contribution in [2.24, 2.45) is 5.92 Å². The van der Waals surface area contributed by atoms with Crippen LogP contribution in [-0.4, -0.2) is 48.7 Å². The number of halogens is 4. The van der Waals surface area contributed by atoms with Crippen LogP contribution in [-0.2, 0) is 0 Å². The highest BCUT2D eigenvalue weighted by atomic mass is 127. The summed E-state index contributed by atoms with van der Waals surface area (Å²) in [4.78, 5) is 14.4. The third-order valence-electron chi connectivity index (χ3n) is 4.96. The van der Waals surface area contributed by atoms with Crippen LogP contribution in [0.4, 0.5) is 24.5 Å². The smallest absolute Gasteiger partial charge is 0.256 e. The predicted octanol–water partition coefficient (Wildman–Crippen LogP) is 3.89. The summed E-state index contributed by atoms with van der Waals surface area (Å²) in [6.07, 6.45) is 1.63. The lowest BCUT2D eigenvalue weighted by atomic mass is 9.98. The Bertz CT molecular complexity index is 907. The third kappa shape index (κ3) is 5.44. The van der Waals surface area contributed by atoms with Crippen LogP contribution in [0.2, 0.25) is 0 Å². The minimum Gasteiger partial charge on any atom is -0.396 e. The molecule has 0 aliphatic carbocycles. The van der Waals surface area contributed by atoms with Crippen LogP contribution in [0.3, 0.4) is 0 Å². The molecule has 2 aromatic carbocycles. The number of aliphatic hydroxyl groups excluding tert-OH is 1. The van der Waals surface area contributed by atoms with Crippen molar-refractivity contribution in [2.45, 2.75) is 12.8 Å². The number of carbonyl (C=O) groups is 1. The molecule has 5 nitrogen and oxygen atoms in total. The normalized spacial score (nSPS) is 14.0. The third-order valence-corrected chi connectivity index (χ3v) is 5.63. The van der Waals surface area contributed by atoms with E-state index in [1.54, 1.807) is 11.0 Å². The first-order chi connectivity index (χ1) is 14.4. The molecule has 0 spiro atoms. The Kier molecular flexibility index (Phi) is 7.95. The summed E-state index contributed by atoms with van der Waals surface area (Å²) < 4.78 is 43.1. The molecule has 1 amide bonds. The molecule has 1 fully saturated rings. The van der Waals surface area contributed by atoms with E-state index in [-0.39, 0.29) is 29.5 Å². The van der Waals surface area contributed by atoms with E-state index in [1.807, 2.05) is 22.6 Å². The zero-order valence-electron chi connectivity index (χ0n) is 16.2. The molecule has 1 saturated heterocycles. The van der Waals surface area contributed by atoms with Gasteiger partial charge in [0, 0.05) is 35.7 Å². The molecule has 0 saturated carbocycles. The van der Waals surface area contributed by atoms with Crippen LogP contribution < -0.4 is 10.6 Å². The Hall–Kier alpha value is -1.85. The van der Waals surface area contributed by atoms with Crippen molar-refractivity contribution in [3.63, 3.8) is 0 Å². The largest absolute Gasteiger partial charge is 0.396 e. The van der Waals surface area contributed by atoms with Crippen molar-refractivity contribution in [1.82, 2.24) is 10.2 Å². The molecule has 1 aliphatic heterocycles. The van der Waals surface area contributed by atoms with Gasteiger partial charge >= 0.3 is 0 Å². The molecule has 162 valence electrons. The minimum absolute atomic E-state index is 0.0393. The number of anilines is 2. The summed E-state index contributed by atoms with van der Waals surface area (Å²) >= 11 is 1.94. The van der Waals surface area contributed by atoms with Crippen molar-refractivity contribution in [3.05, 3.63) is 56.9 Å². The monoisotopic (exact) mass is 533 g/mol. The van der Waals surface area contributed by atoms with Gasteiger partial charge in [-0.3, -0.25) is 4.79 Å². The Morgan fingerprint density at radius 3 is 2.60 bits per heavy atom. The van der Waals surface area contributed by atoms with Crippen molar-refractivity contribution in [3.8, 4) is 0 Å². The second kappa shape index (κ2) is 10.5. The molecule has 1 aliphatic rings. The molecule has 1 heterocycles. The van der Waals surface area contributed by atoms with Gasteiger partial charge in [0.1, 0.15) is 5.82 Å². The number of rotatable bonds is 9. The average Bonchev–Trinajstić information content (AvgIpc) is 2.68. The summed E-state index contributed by atoms with van der Waals surface area (Å²) in [5, 5.41) is 14.6. The molecule has 0 atom stereocenters. The van der Waals surface area contributed by atoms with Gasteiger partial charge in [-0.25, -0.2) is 13.2 Å². The number of hydrogen-bond acceptors (Lipinski definition) is 4. The van der Waals surface area contributed by atoms with Gasteiger partial charge in [-0.1, -0.05) is 0 Å². The van der Waals surface area contributed by atoms with Gasteiger partial charge in [0.25, 0.3) is 5.91 Å². The van der Waals surface area contributed by atoms with Crippen LogP contribution in [0.1, 0.15) is 23.2 Å². The lowest BCUT2D eigenvalue weighted by Crippen LogP contribution is -2.53. The molecule has 3 rings (SSSR count). The minimum atomic E-state index is -1.22. The highest BCUT2D eigenvalue weighted by molar-refractivity contribution is 14.1. The van der Waals surface area contributed by atoms with Gasteiger partial charge in [-0.2, -0.15) is 0 Å². The number of hydrogen-bond donors (Lipinski definition) is 3. The van der Waals surface area contributed by atoms with Crippen molar-refractivity contribution >= 4 is 39.9 Å². The zero-order chi connectivity index (χ0) is 21.7. The topological polar surface area (TPSA) is 64.6 Å². The van der Waals surface area contributed by atoms with E-state index in [4.69, 9.17) is 5.11 Å². The van der Waals surface area contributed by atoms with Gasteiger partial charge in [-0.05, 0) is 72.3 Å². The second-order valence-corrected chi connectivity index (χ2v) is 8.49. The standard InChI is InChI=1S/C21H23F3IN3O2/c22-16-5-4-15(20(19(16)24)27-18-6-3-14(25)9-17(18)23)21(30)28-11-13(12-28)10-26-7-1-2-8-29/h3-6,9,13,26-27,29H,1-2,7-8,10-12H2. The molecule has 2 aromatic rings. The van der Waals surface area contributed by atoms with Crippen molar-refractivity contribution in [2.75, 3.05) is 38.1 Å². The van der Waals surface area contributed by atoms with Gasteiger partial charge in [-0.15, -0.1) is 0 Å². The summed E-state index contributed by atoms with van der Waals surface area (Å²) in [6.45, 7) is 2.71. The first kappa shape index (κ1) is 22.8. The van der Waals surface area contributed by atoms with Crippen LogP contribution >= 0.6 is 22.6 Å². The number of carbonyl (C=O) groups excluding carboxylic acids is 1. The second-order valence-electron chi connectivity index (χ2n) is 7.24. The highest BCUT2D eigenvalue weighted by Crippen LogP contribution is 2.30. The van der Waals surface area contributed by atoms with Gasteiger partial charge in [0.2, 0.25) is 0 Å². The van der Waals surface area contributed by atoms with Gasteiger partial charge in [0.05, 0.1) is 16.9 Å². The predicted molar refractivity (Wildman–Crippen MR) is 117 cm³/mol. The first-order valence-corrected chi connectivity index (χ1v) is 10.8. The number of benzene rings is 2. The van der Waals surface area contributed by atoms with Crippen LogP contribution in [0, 0.1) is 26.9 Å². The number of nitrogens with zero attached hydrogens (tertiary/aromatic N) is 1. The first-order valence-electron chi connectivity index (χ1n) is 9.71. The lowest BCUT2D eigenvalue weighted by Gasteiger charge is -2.39. The van der Waals surface area contributed by atoms with Gasteiger partial charge in [0.15, 0.2) is 11.6 Å². The summed E-state index contributed by atoms with van der Waals surface area (Å²) in [5.74, 6) is -3.12. The van der Waals surface area contributed by atoms with Crippen molar-refractivity contribution < 1.29 is 23.1 Å². The quantitative estimate of drug-likeness (QED) is 0.338. The summed E-state index contributed by atoms with van der Waals surface area (Å²) in [7, 11) is 0. The van der Waals surface area contributed by atoms with E-state index < -0.39 is 23.4 Å². The van der Waals surface area contributed by atoms with Gasteiger partial charge < -0.3 is 20.6 Å². The lowest BCUT2D eigenvalue weighted by molar-refractivity contribution is 0.0501. The molecule has 0 unspecified atom stereocenters. The van der Waals surface area contributed by atoms with E-state index >= 15 is 0 Å². The summed E-state index contributed by atoms with van der Waals surface area (Å²) in [6, 6.07) is 6.41. The fourth-order valence-electron chi connectivity index (χ4n) is 3.28. The number of unbranched alkanes of at least 4 members (excludes halogenated alkanes) is 1. The van der Waals surface area contributed by atoms with E-state index in [2.05, 4.69) is 10.6 Å². The number of aliphatic hydroxyl groups is 1. The molecular formula is C21H23F3IN3O2. The maximum atomic E-state index is 14.5. The van der Waals surface area contributed by atoms with E-state index in [0.717, 1.165) is 32.0 Å². The Labute approximate surface area is 186 Å². The average molecular weight is 533 g/mol. The molecule has 0 aromatic heterocycles. The highest BCUT2D eigenvalue weighted by Gasteiger charge is 2.33.